The van der Waals surface area contributed by atoms with Crippen LogP contribution >= 0.6 is 11.6 Å². The summed E-state index contributed by atoms with van der Waals surface area (Å²) in [6.45, 7) is 12.0. The normalized spacial score (nSPS) is 15.1. The first-order chi connectivity index (χ1) is 17.1. The SMILES string of the molecule is CCOC(=O)C1CCc2cc(-c3cc(Cl)ccc3N(C(=O)OC(C)(C)C)C(=O)OC(C)(C)C)cc(=O)n21. The number of nitrogens with zero attached hydrogens (tertiary/aromatic N) is 2. The summed E-state index contributed by atoms with van der Waals surface area (Å²) < 4.78 is 17.6. The first-order valence-electron chi connectivity index (χ1n) is 12.1. The number of halogens is 1. The molecule has 1 atom stereocenters. The topological polar surface area (TPSA) is 104 Å². The summed E-state index contributed by atoms with van der Waals surface area (Å²) >= 11 is 6.30. The van der Waals surface area contributed by atoms with Crippen molar-refractivity contribution < 1.29 is 28.6 Å². The molecular formula is C27H33ClN2O7. The molecule has 0 saturated carbocycles. The third-order valence-corrected chi connectivity index (χ3v) is 5.59. The smallest absolute Gasteiger partial charge is 0.424 e. The largest absolute Gasteiger partial charge is 0.464 e. The molecule has 0 saturated heterocycles. The Morgan fingerprint density at radius 1 is 1.00 bits per heavy atom. The van der Waals surface area contributed by atoms with E-state index in [1.807, 2.05) is 0 Å². The summed E-state index contributed by atoms with van der Waals surface area (Å²) in [5.74, 6) is -0.458. The van der Waals surface area contributed by atoms with Gasteiger partial charge in [0.25, 0.3) is 5.56 Å². The summed E-state index contributed by atoms with van der Waals surface area (Å²) in [5, 5.41) is 0.331. The van der Waals surface area contributed by atoms with Gasteiger partial charge in [-0.15, -0.1) is 0 Å². The molecule has 2 heterocycles. The summed E-state index contributed by atoms with van der Waals surface area (Å²) in [6.07, 6.45) is -0.970. The zero-order valence-electron chi connectivity index (χ0n) is 22.2. The molecule has 1 aliphatic rings. The average molecular weight is 533 g/mol. The Morgan fingerprint density at radius 2 is 1.59 bits per heavy atom. The average Bonchev–Trinajstić information content (AvgIpc) is 3.17. The fourth-order valence-corrected chi connectivity index (χ4v) is 4.21. The van der Waals surface area contributed by atoms with Crippen molar-refractivity contribution in [2.75, 3.05) is 11.5 Å². The third kappa shape index (κ3) is 6.71. The van der Waals surface area contributed by atoms with Gasteiger partial charge in [-0.2, -0.15) is 4.90 Å². The van der Waals surface area contributed by atoms with Crippen molar-refractivity contribution in [2.45, 2.75) is 78.6 Å². The minimum atomic E-state index is -0.939. The van der Waals surface area contributed by atoms with Crippen LogP contribution in [0.4, 0.5) is 15.3 Å². The molecule has 0 radical (unpaired) electrons. The fourth-order valence-electron chi connectivity index (χ4n) is 4.03. The number of fused-ring (bicyclic) bond motifs is 1. The second-order valence-electron chi connectivity index (χ2n) is 10.7. The Balaban J connectivity index is 2.16. The molecule has 3 rings (SSSR count). The molecule has 2 amide bonds. The van der Waals surface area contributed by atoms with Gasteiger partial charge in [-0.3, -0.25) is 9.36 Å². The highest BCUT2D eigenvalue weighted by Crippen LogP contribution is 2.36. The predicted octanol–water partition coefficient (Wildman–Crippen LogP) is 5.90. The van der Waals surface area contributed by atoms with E-state index in [9.17, 15) is 19.2 Å². The lowest BCUT2D eigenvalue weighted by Crippen LogP contribution is -2.44. The Kier molecular flexibility index (Phi) is 8.07. The summed E-state index contributed by atoms with van der Waals surface area (Å²) in [7, 11) is 0. The van der Waals surface area contributed by atoms with Gasteiger partial charge in [0.1, 0.15) is 17.2 Å². The first kappa shape index (κ1) is 28.2. The fraction of sp³-hybridized carbons (Fsp3) is 0.481. The molecule has 37 heavy (non-hydrogen) atoms. The van der Waals surface area contributed by atoms with E-state index in [1.165, 1.54) is 22.8 Å². The number of pyridine rings is 1. The zero-order chi connectivity index (χ0) is 27.7. The lowest BCUT2D eigenvalue weighted by molar-refractivity contribution is -0.147. The Hall–Kier alpha value is -3.33. The lowest BCUT2D eigenvalue weighted by Gasteiger charge is -2.29. The molecule has 0 fully saturated rings. The van der Waals surface area contributed by atoms with Gasteiger partial charge in [0.05, 0.1) is 12.3 Å². The number of aryl methyl sites for hydroxylation is 1. The highest BCUT2D eigenvalue weighted by atomic mass is 35.5. The van der Waals surface area contributed by atoms with Crippen LogP contribution in [0.1, 0.15) is 66.6 Å². The maximum absolute atomic E-state index is 13.2. The van der Waals surface area contributed by atoms with Crippen LogP contribution < -0.4 is 10.5 Å². The number of benzene rings is 1. The minimum Gasteiger partial charge on any atom is -0.464 e. The van der Waals surface area contributed by atoms with Gasteiger partial charge < -0.3 is 14.2 Å². The molecule has 0 spiro atoms. The second-order valence-corrected chi connectivity index (χ2v) is 11.1. The number of aromatic nitrogens is 1. The standard InChI is InChI=1S/C27H33ClN2O7/c1-8-35-23(32)21-12-10-18-13-16(14-22(31)29(18)21)19-15-17(28)9-11-20(19)30(24(33)36-26(2,3)4)25(34)37-27(5,6)7/h9,11,13-15,21H,8,10,12H2,1-7H3. The van der Waals surface area contributed by atoms with E-state index in [4.69, 9.17) is 25.8 Å². The predicted molar refractivity (Wildman–Crippen MR) is 140 cm³/mol. The maximum atomic E-state index is 13.2. The van der Waals surface area contributed by atoms with Crippen LogP contribution in [0.5, 0.6) is 0 Å². The van der Waals surface area contributed by atoms with Crippen molar-refractivity contribution in [2.24, 2.45) is 0 Å². The molecule has 0 N–H and O–H groups in total. The van der Waals surface area contributed by atoms with Crippen molar-refractivity contribution in [1.82, 2.24) is 4.57 Å². The number of carbonyl (C=O) groups is 3. The molecule has 1 unspecified atom stereocenters. The van der Waals surface area contributed by atoms with E-state index in [-0.39, 0.29) is 12.3 Å². The van der Waals surface area contributed by atoms with Gasteiger partial charge in [0, 0.05) is 22.3 Å². The molecule has 10 heteroatoms. The molecule has 2 aromatic rings. The van der Waals surface area contributed by atoms with Crippen LogP contribution in [0.3, 0.4) is 0 Å². The summed E-state index contributed by atoms with van der Waals surface area (Å²) in [4.78, 5) is 52.8. The Labute approximate surface area is 221 Å². The second kappa shape index (κ2) is 10.6. The van der Waals surface area contributed by atoms with Crippen LogP contribution in [0.2, 0.25) is 5.02 Å². The lowest BCUT2D eigenvalue weighted by atomic mass is 10.0. The van der Waals surface area contributed by atoms with Crippen LogP contribution in [0.25, 0.3) is 11.1 Å². The molecule has 1 aromatic heterocycles. The number of esters is 1. The maximum Gasteiger partial charge on any atom is 0.424 e. The molecule has 1 aromatic carbocycles. The number of rotatable bonds is 4. The van der Waals surface area contributed by atoms with Gasteiger partial charge in [-0.25, -0.2) is 14.4 Å². The minimum absolute atomic E-state index is 0.136. The van der Waals surface area contributed by atoms with Crippen molar-refractivity contribution >= 4 is 35.4 Å². The van der Waals surface area contributed by atoms with E-state index in [2.05, 4.69) is 0 Å². The molecule has 1 aliphatic heterocycles. The first-order valence-corrected chi connectivity index (χ1v) is 12.5. The van der Waals surface area contributed by atoms with E-state index >= 15 is 0 Å². The number of imide groups is 1. The number of hydrogen-bond donors (Lipinski definition) is 0. The van der Waals surface area contributed by atoms with E-state index in [1.54, 1.807) is 60.6 Å². The molecule has 0 aliphatic carbocycles. The number of hydrogen-bond acceptors (Lipinski definition) is 7. The third-order valence-electron chi connectivity index (χ3n) is 5.35. The highest BCUT2D eigenvalue weighted by molar-refractivity contribution is 6.31. The van der Waals surface area contributed by atoms with E-state index in [0.717, 1.165) is 4.90 Å². The summed E-state index contributed by atoms with van der Waals surface area (Å²) in [5.41, 5.74) is -0.642. The van der Waals surface area contributed by atoms with Crippen molar-refractivity contribution in [1.29, 1.82) is 0 Å². The van der Waals surface area contributed by atoms with Gasteiger partial charge >= 0.3 is 18.2 Å². The molecule has 0 bridgehead atoms. The van der Waals surface area contributed by atoms with Crippen LogP contribution in [0.15, 0.2) is 35.1 Å². The monoisotopic (exact) mass is 532 g/mol. The van der Waals surface area contributed by atoms with E-state index < -0.39 is 41.0 Å². The van der Waals surface area contributed by atoms with E-state index in [0.29, 0.717) is 34.7 Å². The molecule has 9 nitrogen and oxygen atoms in total. The highest BCUT2D eigenvalue weighted by Gasteiger charge is 2.35. The number of carbonyl (C=O) groups excluding carboxylic acids is 3. The van der Waals surface area contributed by atoms with Gasteiger partial charge in [-0.05, 0) is 91.1 Å². The quantitative estimate of drug-likeness (QED) is 0.357. The van der Waals surface area contributed by atoms with Crippen molar-refractivity contribution in [3.63, 3.8) is 0 Å². The number of amides is 2. The Bertz CT molecular complexity index is 1240. The Morgan fingerprint density at radius 3 is 2.14 bits per heavy atom. The zero-order valence-corrected chi connectivity index (χ0v) is 23.0. The van der Waals surface area contributed by atoms with Gasteiger partial charge in [0.2, 0.25) is 0 Å². The van der Waals surface area contributed by atoms with Crippen LogP contribution in [-0.2, 0) is 25.4 Å². The number of ether oxygens (including phenoxy) is 3. The molecule has 200 valence electrons. The number of anilines is 1. The summed E-state index contributed by atoms with van der Waals surface area (Å²) in [6, 6.07) is 6.98. The molecular weight excluding hydrogens is 500 g/mol. The van der Waals surface area contributed by atoms with Gasteiger partial charge in [-0.1, -0.05) is 11.6 Å². The van der Waals surface area contributed by atoms with Crippen LogP contribution in [-0.4, -0.2) is 40.5 Å². The van der Waals surface area contributed by atoms with Gasteiger partial charge in [0.15, 0.2) is 0 Å². The van der Waals surface area contributed by atoms with Crippen molar-refractivity contribution in [3.05, 3.63) is 51.4 Å². The van der Waals surface area contributed by atoms with Crippen molar-refractivity contribution in [3.8, 4) is 11.1 Å². The van der Waals surface area contributed by atoms with Crippen LogP contribution in [0, 0.1) is 0 Å².